The van der Waals surface area contributed by atoms with Gasteiger partial charge in [-0.3, -0.25) is 9.05 Å². The van der Waals surface area contributed by atoms with Crippen LogP contribution in [0.4, 0.5) is 13.2 Å². The number of nitrogens with zero attached hydrogens (tertiary/aromatic N) is 1. The molecule has 0 aliphatic rings. The molecule has 0 aromatic rings. The predicted octanol–water partition coefficient (Wildman–Crippen LogP) is 2.34. The molecule has 10 heteroatoms. The lowest BCUT2D eigenvalue weighted by molar-refractivity contribution is -0.137. The third kappa shape index (κ3) is 5.16. The number of hydrogen-bond acceptors (Lipinski definition) is 5. The molecule has 0 unspecified atom stereocenters. The summed E-state index contributed by atoms with van der Waals surface area (Å²) in [6.45, 7) is 2.42. The van der Waals surface area contributed by atoms with Crippen molar-refractivity contribution in [1.29, 1.82) is 0 Å². The van der Waals surface area contributed by atoms with Crippen molar-refractivity contribution in [2.75, 3.05) is 20.3 Å². The number of methoxy groups -OCH3 is 1. The molecule has 0 saturated heterocycles. The number of carbonyl (C=O) groups is 1. The largest absolute Gasteiger partial charge is 0.464 e. The van der Waals surface area contributed by atoms with E-state index in [4.69, 9.17) is 0 Å². The topological polar surface area (TPSA) is 74.2 Å². The molecule has 6 nitrogen and oxygen atoms in total. The Morgan fingerprint density at radius 2 is 1.67 bits per heavy atom. The minimum Gasteiger partial charge on any atom is -0.464 e. The lowest BCUT2D eigenvalue weighted by Gasteiger charge is -2.14. The number of hydrogen-bond donors (Lipinski definition) is 0. The van der Waals surface area contributed by atoms with Crippen molar-refractivity contribution >= 4 is 19.4 Å². The minimum atomic E-state index is -5.11. The highest BCUT2D eigenvalue weighted by atomic mass is 31.2. The third-order valence-electron chi connectivity index (χ3n) is 1.45. The van der Waals surface area contributed by atoms with Gasteiger partial charge in [0.15, 0.2) is 0 Å². The first-order valence-electron chi connectivity index (χ1n) is 4.85. The maximum Gasteiger partial charge on any atom is 0.454 e. The first-order chi connectivity index (χ1) is 8.20. The molecule has 0 spiro atoms. The van der Waals surface area contributed by atoms with Crippen LogP contribution in [0.25, 0.3) is 0 Å². The van der Waals surface area contributed by atoms with E-state index >= 15 is 0 Å². The second-order valence-corrected chi connectivity index (χ2v) is 4.40. The second-order valence-electron chi connectivity index (χ2n) is 2.74. The van der Waals surface area contributed by atoms with Gasteiger partial charge < -0.3 is 4.74 Å². The molecule has 0 radical (unpaired) electrons. The number of rotatable bonds is 6. The Morgan fingerprint density at radius 1 is 1.22 bits per heavy atom. The zero-order chi connectivity index (χ0) is 14.4. The summed E-state index contributed by atoms with van der Waals surface area (Å²) < 4.78 is 65.0. The highest BCUT2D eigenvalue weighted by Crippen LogP contribution is 2.50. The smallest absolute Gasteiger partial charge is 0.454 e. The molecule has 0 N–H and O–H groups in total. The van der Waals surface area contributed by atoms with E-state index in [1.807, 2.05) is 0 Å². The van der Waals surface area contributed by atoms with Crippen LogP contribution in [-0.4, -0.2) is 38.2 Å². The molecule has 0 saturated carbocycles. The van der Waals surface area contributed by atoms with Gasteiger partial charge in [-0.25, -0.2) is 9.36 Å². The summed E-state index contributed by atoms with van der Waals surface area (Å²) in [6.07, 6.45) is -5.11. The fourth-order valence-electron chi connectivity index (χ4n) is 0.854. The second kappa shape index (κ2) is 6.86. The molecule has 106 valence electrons. The summed E-state index contributed by atoms with van der Waals surface area (Å²) in [5.41, 5.74) is -1.96. The Balaban J connectivity index is 5.49. The highest BCUT2D eigenvalue weighted by molar-refractivity contribution is 7.52. The number of alkyl halides is 3. The van der Waals surface area contributed by atoms with Crippen molar-refractivity contribution in [3.8, 4) is 0 Å². The van der Waals surface area contributed by atoms with Crippen molar-refractivity contribution in [3.63, 3.8) is 0 Å². The van der Waals surface area contributed by atoms with Gasteiger partial charge in [-0.15, -0.1) is 0 Å². The summed E-state index contributed by atoms with van der Waals surface area (Å²) in [5, 5.41) is 0. The van der Waals surface area contributed by atoms with Gasteiger partial charge in [0.05, 0.1) is 20.3 Å². The molecule has 0 fully saturated rings. The first-order valence-corrected chi connectivity index (χ1v) is 6.34. The van der Waals surface area contributed by atoms with Crippen LogP contribution in [0.3, 0.4) is 0 Å². The van der Waals surface area contributed by atoms with Crippen LogP contribution in [-0.2, 0) is 23.1 Å². The molecule has 0 aliphatic heterocycles. The first kappa shape index (κ1) is 17.1. The molecule has 0 atom stereocenters. The summed E-state index contributed by atoms with van der Waals surface area (Å²) in [5.74, 6) is -1.76. The van der Waals surface area contributed by atoms with Gasteiger partial charge in [0, 0.05) is 0 Å². The molecular formula is C8H13F3NO5P. The van der Waals surface area contributed by atoms with Crippen molar-refractivity contribution < 1.29 is 36.3 Å². The van der Waals surface area contributed by atoms with Gasteiger partial charge in [0.1, 0.15) is 0 Å². The lowest BCUT2D eigenvalue weighted by Crippen LogP contribution is -2.32. The molecule has 18 heavy (non-hydrogen) atoms. The Bertz CT molecular complexity index is 358. The SMILES string of the molecule is CCOP(=O)(/N=C(\C(=O)OC)C(F)(F)F)OCC. The van der Waals surface area contributed by atoms with E-state index in [0.717, 1.165) is 7.11 Å². The number of ether oxygens (including phenoxy) is 1. The zero-order valence-corrected chi connectivity index (χ0v) is 10.9. The van der Waals surface area contributed by atoms with Crippen LogP contribution in [0.15, 0.2) is 4.76 Å². The van der Waals surface area contributed by atoms with Crippen LogP contribution in [0, 0.1) is 0 Å². The zero-order valence-electron chi connectivity index (χ0n) is 9.98. The van der Waals surface area contributed by atoms with E-state index in [1.54, 1.807) is 0 Å². The van der Waals surface area contributed by atoms with Gasteiger partial charge in [-0.2, -0.15) is 17.9 Å². The molecule has 0 aromatic carbocycles. The van der Waals surface area contributed by atoms with Crippen LogP contribution < -0.4 is 0 Å². The quantitative estimate of drug-likeness (QED) is 0.426. The average molecular weight is 291 g/mol. The Morgan fingerprint density at radius 3 is 1.94 bits per heavy atom. The summed E-state index contributed by atoms with van der Waals surface area (Å²) in [6, 6.07) is 0. The molecule has 0 heterocycles. The van der Waals surface area contributed by atoms with Crippen LogP contribution >= 0.6 is 7.75 Å². The van der Waals surface area contributed by atoms with Crippen LogP contribution in [0.2, 0.25) is 0 Å². The maximum absolute atomic E-state index is 12.5. The van der Waals surface area contributed by atoms with Gasteiger partial charge in [-0.1, -0.05) is 0 Å². The van der Waals surface area contributed by atoms with E-state index in [-0.39, 0.29) is 13.2 Å². The van der Waals surface area contributed by atoms with Crippen molar-refractivity contribution in [1.82, 2.24) is 0 Å². The van der Waals surface area contributed by atoms with E-state index in [9.17, 15) is 22.5 Å². The molecular weight excluding hydrogens is 278 g/mol. The van der Waals surface area contributed by atoms with E-state index in [1.165, 1.54) is 13.8 Å². The summed E-state index contributed by atoms with van der Waals surface area (Å²) >= 11 is 0. The minimum absolute atomic E-state index is 0.187. The van der Waals surface area contributed by atoms with Crippen molar-refractivity contribution in [3.05, 3.63) is 0 Å². The van der Waals surface area contributed by atoms with Gasteiger partial charge in [0.2, 0.25) is 5.71 Å². The average Bonchev–Trinajstić information content (AvgIpc) is 2.24. The summed E-state index contributed by atoms with van der Waals surface area (Å²) in [7, 11) is -3.63. The van der Waals surface area contributed by atoms with Crippen LogP contribution in [0.1, 0.15) is 13.8 Å². The standard InChI is InChI=1S/C8H13F3NO5P/c1-4-16-18(14,17-5-2)12-6(7(13)15-3)8(9,10)11/h4-5H2,1-3H3/b12-6+. The van der Waals surface area contributed by atoms with Gasteiger partial charge in [0.25, 0.3) is 0 Å². The third-order valence-corrected chi connectivity index (χ3v) is 3.07. The predicted molar refractivity (Wildman–Crippen MR) is 56.4 cm³/mol. The highest BCUT2D eigenvalue weighted by Gasteiger charge is 2.44. The van der Waals surface area contributed by atoms with Gasteiger partial charge in [-0.05, 0) is 13.8 Å². The number of esters is 1. The molecule has 0 amide bonds. The number of halogens is 3. The maximum atomic E-state index is 12.5. The van der Waals surface area contributed by atoms with Crippen molar-refractivity contribution in [2.24, 2.45) is 4.76 Å². The molecule has 0 bridgehead atoms. The van der Waals surface area contributed by atoms with E-state index in [0.29, 0.717) is 0 Å². The lowest BCUT2D eigenvalue weighted by atomic mass is 10.4. The van der Waals surface area contributed by atoms with Crippen LogP contribution in [0.5, 0.6) is 0 Å². The fraction of sp³-hybridized carbons (Fsp3) is 0.750. The molecule has 0 aromatic heterocycles. The van der Waals surface area contributed by atoms with E-state index in [2.05, 4.69) is 18.5 Å². The Labute approximate surface area is 102 Å². The Hall–Kier alpha value is -0.920. The normalized spacial score (nSPS) is 13.6. The molecule has 0 aliphatic carbocycles. The van der Waals surface area contributed by atoms with E-state index < -0.39 is 25.6 Å². The fourth-order valence-corrected chi connectivity index (χ4v) is 2.14. The monoisotopic (exact) mass is 291 g/mol. The Kier molecular flexibility index (Phi) is 6.51. The van der Waals surface area contributed by atoms with Gasteiger partial charge >= 0.3 is 19.9 Å². The molecule has 0 rings (SSSR count). The number of carbonyl (C=O) groups excluding carboxylic acids is 1. The summed E-state index contributed by atoms with van der Waals surface area (Å²) in [4.78, 5) is 10.9. The van der Waals surface area contributed by atoms with Crippen molar-refractivity contribution in [2.45, 2.75) is 20.0 Å².